The number of thioether (sulfide) groups is 1. The van der Waals surface area contributed by atoms with Crippen molar-refractivity contribution in [2.24, 2.45) is 0 Å². The van der Waals surface area contributed by atoms with Gasteiger partial charge >= 0.3 is 6.18 Å². The molecule has 1 heterocycles. The quantitative estimate of drug-likeness (QED) is 0.269. The number of rotatable bonds is 9. The van der Waals surface area contributed by atoms with Crippen LogP contribution in [-0.4, -0.2) is 35.8 Å². The monoisotopic (exact) mass is 527 g/mol. The number of fused-ring (bicyclic) bond motifs is 1. The van der Waals surface area contributed by atoms with Gasteiger partial charge in [0.2, 0.25) is 5.91 Å². The Labute approximate surface area is 215 Å². The Kier molecular flexibility index (Phi) is 8.08. The average Bonchev–Trinajstić information content (AvgIpc) is 3.24. The number of hydrogen-bond donors (Lipinski definition) is 2. The largest absolute Gasteiger partial charge is 0.496 e. The Morgan fingerprint density at radius 1 is 0.973 bits per heavy atom. The maximum absolute atomic E-state index is 13.2. The lowest BCUT2D eigenvalue weighted by atomic mass is 10.1. The van der Waals surface area contributed by atoms with Gasteiger partial charge in [-0.05, 0) is 30.3 Å². The van der Waals surface area contributed by atoms with Crippen LogP contribution in [0.25, 0.3) is 10.9 Å². The van der Waals surface area contributed by atoms with Gasteiger partial charge in [0, 0.05) is 35.1 Å². The van der Waals surface area contributed by atoms with E-state index in [9.17, 15) is 22.8 Å². The van der Waals surface area contributed by atoms with Crippen LogP contribution in [0.2, 0.25) is 0 Å². The van der Waals surface area contributed by atoms with Crippen molar-refractivity contribution < 1.29 is 27.5 Å². The number of anilines is 1. The van der Waals surface area contributed by atoms with Crippen LogP contribution in [0, 0.1) is 0 Å². The predicted octanol–water partition coefficient (Wildman–Crippen LogP) is 5.83. The molecule has 0 aliphatic heterocycles. The number of aromatic nitrogens is 1. The van der Waals surface area contributed by atoms with Gasteiger partial charge in [0.05, 0.1) is 29.7 Å². The zero-order valence-corrected chi connectivity index (χ0v) is 20.7. The first-order valence-corrected chi connectivity index (χ1v) is 12.3. The summed E-state index contributed by atoms with van der Waals surface area (Å²) in [5.74, 6) is -0.367. The highest BCUT2D eigenvalue weighted by atomic mass is 32.2. The van der Waals surface area contributed by atoms with E-state index in [4.69, 9.17) is 4.74 Å². The number of hydrogen-bond acceptors (Lipinski definition) is 4. The maximum Gasteiger partial charge on any atom is 0.418 e. The third-order valence-electron chi connectivity index (χ3n) is 5.61. The summed E-state index contributed by atoms with van der Waals surface area (Å²) in [4.78, 5) is 25.9. The Bertz CT molecular complexity index is 1420. The van der Waals surface area contributed by atoms with Crippen LogP contribution in [-0.2, 0) is 17.5 Å². The second kappa shape index (κ2) is 11.4. The number of benzene rings is 3. The smallest absolute Gasteiger partial charge is 0.418 e. The number of halogens is 3. The van der Waals surface area contributed by atoms with E-state index in [1.165, 1.54) is 37.1 Å². The van der Waals surface area contributed by atoms with Crippen molar-refractivity contribution in [1.29, 1.82) is 0 Å². The lowest BCUT2D eigenvalue weighted by Gasteiger charge is -2.13. The molecule has 1 aromatic heterocycles. The molecule has 0 aliphatic carbocycles. The summed E-state index contributed by atoms with van der Waals surface area (Å²) in [7, 11) is 1.51. The molecular weight excluding hydrogens is 503 g/mol. The molecule has 2 amide bonds. The fourth-order valence-corrected chi connectivity index (χ4v) is 4.79. The fourth-order valence-electron chi connectivity index (χ4n) is 3.90. The first-order valence-electron chi connectivity index (χ1n) is 11.4. The summed E-state index contributed by atoms with van der Waals surface area (Å²) in [6.45, 7) is 0.835. The van der Waals surface area contributed by atoms with Gasteiger partial charge in [-0.15, -0.1) is 11.8 Å². The second-order valence-electron chi connectivity index (χ2n) is 8.04. The van der Waals surface area contributed by atoms with Gasteiger partial charge in [-0.3, -0.25) is 9.59 Å². The van der Waals surface area contributed by atoms with Gasteiger partial charge in [0.15, 0.2) is 0 Å². The summed E-state index contributed by atoms with van der Waals surface area (Å²) in [5.41, 5.74) is 0.199. The number of alkyl halides is 3. The SMILES string of the molecule is COc1ccccc1C(=O)NCCn1cc(SCC(=O)Nc2ccccc2C(F)(F)F)c2ccccc21. The van der Waals surface area contributed by atoms with Crippen molar-refractivity contribution in [3.63, 3.8) is 0 Å². The van der Waals surface area contributed by atoms with E-state index in [2.05, 4.69) is 10.6 Å². The molecule has 2 N–H and O–H groups in total. The van der Waals surface area contributed by atoms with Gasteiger partial charge in [-0.25, -0.2) is 0 Å². The highest BCUT2D eigenvalue weighted by Crippen LogP contribution is 2.35. The van der Waals surface area contributed by atoms with E-state index in [0.29, 0.717) is 24.4 Å². The summed E-state index contributed by atoms with van der Waals surface area (Å²) in [5, 5.41) is 6.17. The zero-order valence-electron chi connectivity index (χ0n) is 19.8. The van der Waals surface area contributed by atoms with Crippen LogP contribution in [0.4, 0.5) is 18.9 Å². The van der Waals surface area contributed by atoms with E-state index in [0.717, 1.165) is 21.9 Å². The molecule has 0 unspecified atom stereocenters. The summed E-state index contributed by atoms with van der Waals surface area (Å²) in [6, 6.07) is 19.5. The number of nitrogens with zero attached hydrogens (tertiary/aromatic N) is 1. The van der Waals surface area contributed by atoms with Crippen LogP contribution < -0.4 is 15.4 Å². The molecule has 0 spiro atoms. The minimum Gasteiger partial charge on any atom is -0.496 e. The van der Waals surface area contributed by atoms with Crippen LogP contribution in [0.15, 0.2) is 83.9 Å². The van der Waals surface area contributed by atoms with Gasteiger partial charge in [0.25, 0.3) is 5.91 Å². The van der Waals surface area contributed by atoms with Crippen LogP contribution >= 0.6 is 11.8 Å². The minimum absolute atomic E-state index is 0.0647. The number of para-hydroxylation sites is 3. The summed E-state index contributed by atoms with van der Waals surface area (Å²) in [6.07, 6.45) is -2.69. The molecule has 0 aliphatic rings. The van der Waals surface area contributed by atoms with Crippen molar-refractivity contribution in [3.8, 4) is 5.75 Å². The Morgan fingerprint density at radius 3 is 2.46 bits per heavy atom. The van der Waals surface area contributed by atoms with E-state index < -0.39 is 17.6 Å². The molecule has 10 heteroatoms. The molecule has 4 aromatic rings. The first-order chi connectivity index (χ1) is 17.8. The second-order valence-corrected chi connectivity index (χ2v) is 9.06. The number of carbonyl (C=O) groups is 2. The Hall–Kier alpha value is -3.92. The number of nitrogens with one attached hydrogen (secondary N) is 2. The molecule has 37 heavy (non-hydrogen) atoms. The van der Waals surface area contributed by atoms with Crippen LogP contribution in [0.3, 0.4) is 0 Å². The van der Waals surface area contributed by atoms with Gasteiger partial charge in [0.1, 0.15) is 5.75 Å². The van der Waals surface area contributed by atoms with E-state index in [-0.39, 0.29) is 17.3 Å². The molecular formula is C27H24F3N3O3S. The molecule has 6 nitrogen and oxygen atoms in total. The van der Waals surface area contributed by atoms with Crippen molar-refractivity contribution >= 4 is 40.2 Å². The molecule has 0 fully saturated rings. The van der Waals surface area contributed by atoms with Crippen LogP contribution in [0.1, 0.15) is 15.9 Å². The third kappa shape index (κ3) is 6.26. The topological polar surface area (TPSA) is 72.4 Å². The fraction of sp³-hybridized carbons (Fsp3) is 0.185. The highest BCUT2D eigenvalue weighted by molar-refractivity contribution is 8.00. The third-order valence-corrected chi connectivity index (χ3v) is 6.65. The lowest BCUT2D eigenvalue weighted by molar-refractivity contribution is -0.137. The predicted molar refractivity (Wildman–Crippen MR) is 138 cm³/mol. The number of ether oxygens (including phenoxy) is 1. The van der Waals surface area contributed by atoms with Gasteiger partial charge in [-0.1, -0.05) is 42.5 Å². The molecule has 0 saturated heterocycles. The molecule has 0 bridgehead atoms. The van der Waals surface area contributed by atoms with Crippen molar-refractivity contribution in [2.75, 3.05) is 24.7 Å². The van der Waals surface area contributed by atoms with Crippen molar-refractivity contribution in [3.05, 3.63) is 90.1 Å². The van der Waals surface area contributed by atoms with Crippen molar-refractivity contribution in [2.45, 2.75) is 17.6 Å². The molecule has 0 saturated carbocycles. The van der Waals surface area contributed by atoms with E-state index in [1.54, 1.807) is 24.3 Å². The molecule has 3 aromatic carbocycles. The molecule has 4 rings (SSSR count). The number of carbonyl (C=O) groups excluding carboxylic acids is 2. The number of amides is 2. The normalized spacial score (nSPS) is 11.4. The standard InChI is InChI=1S/C27H24F3N3O3S/c1-36-23-13-7-3-9-19(23)26(35)31-14-15-33-16-24(18-8-2-6-12-22(18)33)37-17-25(34)32-21-11-5-4-10-20(21)27(28,29)30/h2-13,16H,14-15,17H2,1H3,(H,31,35)(H,32,34). The van der Waals surface area contributed by atoms with Gasteiger partial charge in [-0.2, -0.15) is 13.2 Å². The van der Waals surface area contributed by atoms with E-state index in [1.807, 2.05) is 35.0 Å². The Balaban J connectivity index is 1.41. The molecule has 192 valence electrons. The maximum atomic E-state index is 13.2. The summed E-state index contributed by atoms with van der Waals surface area (Å²) >= 11 is 1.24. The minimum atomic E-state index is -4.56. The average molecular weight is 528 g/mol. The van der Waals surface area contributed by atoms with Crippen LogP contribution in [0.5, 0.6) is 5.75 Å². The number of methoxy groups -OCH3 is 1. The lowest BCUT2D eigenvalue weighted by Crippen LogP contribution is -2.27. The first kappa shape index (κ1) is 26.2. The zero-order chi connectivity index (χ0) is 26.4. The highest BCUT2D eigenvalue weighted by Gasteiger charge is 2.33. The van der Waals surface area contributed by atoms with Crippen molar-refractivity contribution in [1.82, 2.24) is 9.88 Å². The van der Waals surface area contributed by atoms with E-state index >= 15 is 0 Å². The summed E-state index contributed by atoms with van der Waals surface area (Å²) < 4.78 is 46.9. The Morgan fingerprint density at radius 2 is 1.68 bits per heavy atom. The molecule has 0 radical (unpaired) electrons. The van der Waals surface area contributed by atoms with Gasteiger partial charge < -0.3 is 19.9 Å². The molecule has 0 atom stereocenters.